The number of likely N-dealkylation sites (tertiary alicyclic amines) is 2. The van der Waals surface area contributed by atoms with Gasteiger partial charge in [-0.2, -0.15) is 0 Å². The summed E-state index contributed by atoms with van der Waals surface area (Å²) < 4.78 is 26.7. The lowest BCUT2D eigenvalue weighted by Crippen LogP contribution is -2.50. The summed E-state index contributed by atoms with van der Waals surface area (Å²) in [5.41, 5.74) is 3.52. The van der Waals surface area contributed by atoms with Gasteiger partial charge in [0.05, 0.1) is 6.10 Å². The molecule has 2 aliphatic heterocycles. The molecule has 0 radical (unpaired) electrons. The zero-order valence-corrected chi connectivity index (χ0v) is 20.5. The monoisotopic (exact) mass is 478 g/mol. The molecule has 0 aromatic heterocycles. The average Bonchev–Trinajstić information content (AvgIpc) is 3.21. The van der Waals surface area contributed by atoms with Crippen LogP contribution in [0.2, 0.25) is 0 Å². The van der Waals surface area contributed by atoms with Gasteiger partial charge in [-0.1, -0.05) is 55.5 Å². The molecule has 0 saturated carbocycles. The first kappa shape index (κ1) is 24.4. The molecule has 5 heteroatoms. The Morgan fingerprint density at radius 1 is 1.06 bits per heavy atom. The van der Waals surface area contributed by atoms with Crippen LogP contribution in [0.5, 0.6) is 0 Å². The van der Waals surface area contributed by atoms with Crippen molar-refractivity contribution >= 4 is 12.2 Å². The Hall–Kier alpha value is -2.34. The van der Waals surface area contributed by atoms with Gasteiger partial charge in [-0.15, -0.1) is 0 Å². The van der Waals surface area contributed by atoms with Gasteiger partial charge in [0.2, 0.25) is 0 Å². The zero-order chi connectivity index (χ0) is 24.4. The SMILES string of the molecule is C[C@@H]1CN(CC(O)C2CCN(CC=Cc3cc(F)cc(F)c3)CC2)CC[C@]12C=Cc1ccccc12. The van der Waals surface area contributed by atoms with E-state index in [1.54, 1.807) is 6.08 Å². The predicted molar refractivity (Wildman–Crippen MR) is 138 cm³/mol. The lowest BCUT2D eigenvalue weighted by Gasteiger charge is -2.45. The molecule has 1 aliphatic carbocycles. The van der Waals surface area contributed by atoms with E-state index in [-0.39, 0.29) is 11.5 Å². The van der Waals surface area contributed by atoms with Gasteiger partial charge in [-0.05, 0) is 79.6 Å². The molecular formula is C30H36F2N2O. The molecule has 3 aliphatic rings. The van der Waals surface area contributed by atoms with E-state index in [0.717, 1.165) is 64.6 Å². The van der Waals surface area contributed by atoms with Crippen molar-refractivity contribution in [1.29, 1.82) is 0 Å². The van der Waals surface area contributed by atoms with Crippen molar-refractivity contribution in [2.24, 2.45) is 11.8 Å². The molecule has 186 valence electrons. The number of halogens is 2. The third-order valence-corrected chi connectivity index (χ3v) is 8.46. The molecule has 0 bridgehead atoms. The van der Waals surface area contributed by atoms with Crippen LogP contribution in [0.1, 0.15) is 42.9 Å². The van der Waals surface area contributed by atoms with Crippen LogP contribution in [0, 0.1) is 23.5 Å². The van der Waals surface area contributed by atoms with Gasteiger partial charge < -0.3 is 10.0 Å². The molecule has 2 heterocycles. The van der Waals surface area contributed by atoms with Crippen LogP contribution in [0.3, 0.4) is 0 Å². The van der Waals surface area contributed by atoms with Gasteiger partial charge in [0.25, 0.3) is 0 Å². The molecule has 35 heavy (non-hydrogen) atoms. The molecule has 2 saturated heterocycles. The molecule has 1 unspecified atom stereocenters. The lowest BCUT2D eigenvalue weighted by molar-refractivity contribution is 0.0154. The number of aliphatic hydroxyl groups is 1. The number of benzene rings is 2. The second-order valence-corrected chi connectivity index (χ2v) is 10.7. The Labute approximate surface area is 207 Å². The van der Waals surface area contributed by atoms with E-state index in [0.29, 0.717) is 17.4 Å². The Bertz CT molecular complexity index is 1070. The Morgan fingerprint density at radius 3 is 2.54 bits per heavy atom. The second-order valence-electron chi connectivity index (χ2n) is 10.7. The van der Waals surface area contributed by atoms with Crippen LogP contribution in [-0.4, -0.2) is 60.3 Å². The van der Waals surface area contributed by atoms with Gasteiger partial charge >= 0.3 is 0 Å². The number of hydrogen-bond donors (Lipinski definition) is 1. The van der Waals surface area contributed by atoms with Crippen molar-refractivity contribution in [1.82, 2.24) is 9.80 Å². The second kappa shape index (κ2) is 10.3. The summed E-state index contributed by atoms with van der Waals surface area (Å²) >= 11 is 0. The molecule has 3 atom stereocenters. The normalized spacial score (nSPS) is 26.6. The molecular weight excluding hydrogens is 442 g/mol. The van der Waals surface area contributed by atoms with Gasteiger partial charge in [0.1, 0.15) is 11.6 Å². The first-order chi connectivity index (χ1) is 16.9. The van der Waals surface area contributed by atoms with E-state index < -0.39 is 11.6 Å². The van der Waals surface area contributed by atoms with Crippen LogP contribution in [0.15, 0.2) is 54.6 Å². The number of rotatable bonds is 6. The minimum atomic E-state index is -0.553. The summed E-state index contributed by atoms with van der Waals surface area (Å²) in [5, 5.41) is 11.0. The number of fused-ring (bicyclic) bond motifs is 2. The van der Waals surface area contributed by atoms with E-state index in [1.807, 2.05) is 6.08 Å². The highest BCUT2D eigenvalue weighted by Gasteiger charge is 2.43. The number of β-amino-alcohol motifs (C(OH)–C–C–N with tert-alkyl or cyclic N) is 1. The van der Waals surface area contributed by atoms with Crippen LogP contribution < -0.4 is 0 Å². The smallest absolute Gasteiger partial charge is 0.126 e. The molecule has 2 fully saturated rings. The van der Waals surface area contributed by atoms with Crippen LogP contribution in [0.25, 0.3) is 12.2 Å². The zero-order valence-electron chi connectivity index (χ0n) is 20.5. The number of allylic oxidation sites excluding steroid dienone is 1. The Morgan fingerprint density at radius 2 is 1.80 bits per heavy atom. The van der Waals surface area contributed by atoms with Crippen molar-refractivity contribution in [2.45, 2.75) is 37.7 Å². The Kier molecular flexibility index (Phi) is 7.19. The van der Waals surface area contributed by atoms with E-state index in [2.05, 4.69) is 53.1 Å². The van der Waals surface area contributed by atoms with Crippen molar-refractivity contribution in [2.75, 3.05) is 39.3 Å². The van der Waals surface area contributed by atoms with E-state index in [9.17, 15) is 13.9 Å². The summed E-state index contributed by atoms with van der Waals surface area (Å²) in [6.07, 6.45) is 11.2. The van der Waals surface area contributed by atoms with Crippen LogP contribution >= 0.6 is 0 Å². The first-order valence-electron chi connectivity index (χ1n) is 13.0. The predicted octanol–water partition coefficient (Wildman–Crippen LogP) is 5.36. The molecule has 1 spiro atoms. The highest BCUT2D eigenvalue weighted by molar-refractivity contribution is 5.65. The number of piperidine rings is 2. The first-order valence-corrected chi connectivity index (χ1v) is 13.0. The maximum absolute atomic E-state index is 13.3. The maximum atomic E-state index is 13.3. The maximum Gasteiger partial charge on any atom is 0.126 e. The largest absolute Gasteiger partial charge is 0.392 e. The van der Waals surface area contributed by atoms with Gasteiger partial charge in [0.15, 0.2) is 0 Å². The van der Waals surface area contributed by atoms with Gasteiger partial charge in [0, 0.05) is 31.1 Å². The molecule has 2 aromatic carbocycles. The highest BCUT2D eigenvalue weighted by Crippen LogP contribution is 2.46. The average molecular weight is 479 g/mol. The lowest BCUT2D eigenvalue weighted by atomic mass is 9.68. The number of nitrogens with zero attached hydrogens (tertiary/aromatic N) is 2. The van der Waals surface area contributed by atoms with E-state index in [1.165, 1.54) is 23.3 Å². The molecule has 2 aromatic rings. The van der Waals surface area contributed by atoms with Crippen molar-refractivity contribution in [3.05, 3.63) is 82.9 Å². The van der Waals surface area contributed by atoms with Crippen LogP contribution in [0.4, 0.5) is 8.78 Å². The van der Waals surface area contributed by atoms with Crippen LogP contribution in [-0.2, 0) is 5.41 Å². The summed E-state index contributed by atoms with van der Waals surface area (Å²) in [6, 6.07) is 12.3. The van der Waals surface area contributed by atoms with Gasteiger partial charge in [-0.25, -0.2) is 8.78 Å². The third-order valence-electron chi connectivity index (χ3n) is 8.46. The Balaban J connectivity index is 1.08. The standard InChI is InChI=1S/C30H36F2N2O/c1-22-20-34(16-12-30(22)11-8-24-6-2-3-7-28(24)30)21-29(35)25-9-14-33(15-10-25)13-4-5-23-17-26(31)19-27(32)18-23/h2-8,11,17-19,22,25,29,35H,9-10,12-16,20-21H2,1H3/t22-,29?,30-/m1/s1. The summed E-state index contributed by atoms with van der Waals surface area (Å²) in [5.74, 6) is -0.265. The summed E-state index contributed by atoms with van der Waals surface area (Å²) in [6.45, 7) is 7.76. The topological polar surface area (TPSA) is 26.7 Å². The van der Waals surface area contributed by atoms with E-state index >= 15 is 0 Å². The van der Waals surface area contributed by atoms with Crippen molar-refractivity contribution < 1.29 is 13.9 Å². The van der Waals surface area contributed by atoms with Crippen molar-refractivity contribution in [3.8, 4) is 0 Å². The summed E-state index contributed by atoms with van der Waals surface area (Å²) in [4.78, 5) is 4.80. The molecule has 5 rings (SSSR count). The fourth-order valence-electron chi connectivity index (χ4n) is 6.38. The number of aliphatic hydroxyl groups excluding tert-OH is 1. The minimum absolute atomic E-state index is 0.147. The fraction of sp³-hybridized carbons (Fsp3) is 0.467. The fourth-order valence-corrected chi connectivity index (χ4v) is 6.38. The molecule has 1 N–H and O–H groups in total. The molecule has 3 nitrogen and oxygen atoms in total. The highest BCUT2D eigenvalue weighted by atomic mass is 19.1. The minimum Gasteiger partial charge on any atom is -0.392 e. The number of hydrogen-bond acceptors (Lipinski definition) is 3. The quantitative estimate of drug-likeness (QED) is 0.606. The summed E-state index contributed by atoms with van der Waals surface area (Å²) in [7, 11) is 0. The van der Waals surface area contributed by atoms with Gasteiger partial charge in [-0.3, -0.25) is 4.90 Å². The third kappa shape index (κ3) is 5.28. The molecule has 0 amide bonds. The van der Waals surface area contributed by atoms with E-state index in [4.69, 9.17) is 0 Å². The van der Waals surface area contributed by atoms with Crippen molar-refractivity contribution in [3.63, 3.8) is 0 Å².